The number of aromatic nitrogens is 1. The fourth-order valence-electron chi connectivity index (χ4n) is 4.55. The lowest BCUT2D eigenvalue weighted by Gasteiger charge is -2.34. The van der Waals surface area contributed by atoms with Gasteiger partial charge in [0, 0.05) is 39.7 Å². The maximum Gasteiger partial charge on any atom is 0.343 e. The number of carbonyl (C=O) groups is 1. The van der Waals surface area contributed by atoms with E-state index in [1.165, 1.54) is 13.2 Å². The third-order valence-electron chi connectivity index (χ3n) is 6.59. The summed E-state index contributed by atoms with van der Waals surface area (Å²) in [4.78, 5) is 25.6. The molecule has 3 aromatic rings. The lowest BCUT2D eigenvalue weighted by atomic mass is 9.95. The minimum Gasteiger partial charge on any atom is -0.496 e. The molecule has 0 bridgehead atoms. The molecule has 2 aromatic carbocycles. The second kappa shape index (κ2) is 9.33. The average molecular weight is 496 g/mol. The van der Waals surface area contributed by atoms with Gasteiger partial charge in [-0.1, -0.05) is 19.9 Å². The second-order valence-corrected chi connectivity index (χ2v) is 10.2. The van der Waals surface area contributed by atoms with Gasteiger partial charge in [-0.2, -0.15) is 0 Å². The van der Waals surface area contributed by atoms with Gasteiger partial charge < -0.3 is 23.5 Å². The first-order valence-electron chi connectivity index (χ1n) is 12.2. The van der Waals surface area contributed by atoms with Crippen LogP contribution >= 0.6 is 0 Å². The molecule has 2 aliphatic rings. The van der Waals surface area contributed by atoms with Crippen LogP contribution in [0.5, 0.6) is 5.75 Å². The molecular formula is C28H30FNO6. The Morgan fingerprint density at radius 1 is 1.14 bits per heavy atom. The van der Waals surface area contributed by atoms with Gasteiger partial charge in [0.1, 0.15) is 17.1 Å². The first-order chi connectivity index (χ1) is 17.2. The quantitative estimate of drug-likeness (QED) is 0.426. The summed E-state index contributed by atoms with van der Waals surface area (Å²) in [5, 5.41) is 0.144. The van der Waals surface area contributed by atoms with Crippen molar-refractivity contribution in [2.24, 2.45) is 5.41 Å². The molecular weight excluding hydrogens is 465 g/mol. The molecule has 0 atom stereocenters. The number of benzene rings is 2. The van der Waals surface area contributed by atoms with Crippen LogP contribution in [0.25, 0.3) is 22.0 Å². The molecule has 1 aliphatic carbocycles. The maximum absolute atomic E-state index is 15.6. The van der Waals surface area contributed by atoms with Crippen LogP contribution in [-0.2, 0) is 14.2 Å². The molecule has 2 heterocycles. The Bertz CT molecular complexity index is 1380. The molecule has 1 aromatic heterocycles. The first-order valence-corrected chi connectivity index (χ1v) is 12.2. The molecule has 0 amide bonds. The number of methoxy groups -OCH3 is 1. The Morgan fingerprint density at radius 2 is 1.86 bits per heavy atom. The topological polar surface area (TPSA) is 76.0 Å². The van der Waals surface area contributed by atoms with Crippen molar-refractivity contribution in [3.63, 3.8) is 0 Å². The number of carbonyl (C=O) groups excluding carboxylic acids is 1. The van der Waals surface area contributed by atoms with Gasteiger partial charge in [0.05, 0.1) is 32.4 Å². The molecule has 1 aliphatic heterocycles. The van der Waals surface area contributed by atoms with E-state index in [4.69, 9.17) is 18.9 Å². The van der Waals surface area contributed by atoms with Crippen LogP contribution in [0.2, 0.25) is 0 Å². The van der Waals surface area contributed by atoms with E-state index < -0.39 is 23.5 Å². The van der Waals surface area contributed by atoms with E-state index in [9.17, 15) is 9.59 Å². The summed E-state index contributed by atoms with van der Waals surface area (Å²) in [5.74, 6) is -0.810. The van der Waals surface area contributed by atoms with Crippen molar-refractivity contribution < 1.29 is 28.1 Å². The highest BCUT2D eigenvalue weighted by Crippen LogP contribution is 2.41. The summed E-state index contributed by atoms with van der Waals surface area (Å²) in [6.07, 6.45) is 2.81. The summed E-state index contributed by atoms with van der Waals surface area (Å²) in [6.45, 7) is 7.05. The SMILES string of the molecule is CCOC(=O)c1cn(C2CC2)c2cc(-c3cc(C4OCC(C)(C)CO4)ccc3OC)c(F)cc2c1=O. The number of halogens is 1. The number of ether oxygens (including phenoxy) is 4. The highest BCUT2D eigenvalue weighted by molar-refractivity contribution is 5.95. The number of nitrogens with zero attached hydrogens (tertiary/aromatic N) is 1. The number of esters is 1. The number of fused-ring (bicyclic) bond motifs is 1. The van der Waals surface area contributed by atoms with Crippen LogP contribution in [-0.4, -0.2) is 37.5 Å². The summed E-state index contributed by atoms with van der Waals surface area (Å²) >= 11 is 0. The van der Waals surface area contributed by atoms with Crippen LogP contribution in [0, 0.1) is 11.2 Å². The van der Waals surface area contributed by atoms with Gasteiger partial charge in [-0.3, -0.25) is 4.79 Å². The summed E-state index contributed by atoms with van der Waals surface area (Å²) in [7, 11) is 1.53. The smallest absolute Gasteiger partial charge is 0.343 e. The highest BCUT2D eigenvalue weighted by atomic mass is 19.1. The largest absolute Gasteiger partial charge is 0.496 e. The van der Waals surface area contributed by atoms with Gasteiger partial charge in [-0.15, -0.1) is 0 Å². The molecule has 8 heteroatoms. The second-order valence-electron chi connectivity index (χ2n) is 10.2. The monoisotopic (exact) mass is 495 g/mol. The van der Waals surface area contributed by atoms with Crippen LogP contribution in [0.4, 0.5) is 4.39 Å². The molecule has 0 spiro atoms. The van der Waals surface area contributed by atoms with Crippen molar-refractivity contribution in [1.82, 2.24) is 4.57 Å². The number of hydrogen-bond acceptors (Lipinski definition) is 6. The molecule has 0 N–H and O–H groups in total. The number of pyridine rings is 1. The fraction of sp³-hybridized carbons (Fsp3) is 0.429. The molecule has 5 rings (SSSR count). The van der Waals surface area contributed by atoms with E-state index in [0.717, 1.165) is 18.4 Å². The summed E-state index contributed by atoms with van der Waals surface area (Å²) in [6, 6.07) is 8.41. The average Bonchev–Trinajstić information content (AvgIpc) is 3.69. The van der Waals surface area contributed by atoms with Gasteiger partial charge in [-0.05, 0) is 44.0 Å². The highest BCUT2D eigenvalue weighted by Gasteiger charge is 2.31. The zero-order chi connectivity index (χ0) is 25.6. The molecule has 1 saturated carbocycles. The van der Waals surface area contributed by atoms with Crippen molar-refractivity contribution in [1.29, 1.82) is 0 Å². The van der Waals surface area contributed by atoms with E-state index >= 15 is 4.39 Å². The third kappa shape index (κ3) is 4.51. The van der Waals surface area contributed by atoms with Crippen molar-refractivity contribution in [2.45, 2.75) is 45.9 Å². The van der Waals surface area contributed by atoms with Crippen LogP contribution in [0.1, 0.15) is 61.9 Å². The van der Waals surface area contributed by atoms with Crippen molar-refractivity contribution in [3.8, 4) is 16.9 Å². The molecule has 36 heavy (non-hydrogen) atoms. The fourth-order valence-corrected chi connectivity index (χ4v) is 4.55. The van der Waals surface area contributed by atoms with Gasteiger partial charge >= 0.3 is 5.97 Å². The van der Waals surface area contributed by atoms with Gasteiger partial charge in [-0.25, -0.2) is 9.18 Å². The van der Waals surface area contributed by atoms with Gasteiger partial charge in [0.25, 0.3) is 0 Å². The molecule has 0 unspecified atom stereocenters. The van der Waals surface area contributed by atoms with Crippen molar-refractivity contribution in [3.05, 3.63) is 63.7 Å². The zero-order valence-electron chi connectivity index (χ0n) is 20.9. The lowest BCUT2D eigenvalue weighted by Crippen LogP contribution is -2.33. The van der Waals surface area contributed by atoms with E-state index in [0.29, 0.717) is 30.0 Å². The van der Waals surface area contributed by atoms with Gasteiger partial charge in [0.2, 0.25) is 5.43 Å². The predicted molar refractivity (Wildman–Crippen MR) is 133 cm³/mol. The van der Waals surface area contributed by atoms with E-state index in [2.05, 4.69) is 13.8 Å². The molecule has 0 radical (unpaired) electrons. The normalized spacial score (nSPS) is 17.8. The Kier molecular flexibility index (Phi) is 6.34. The molecule has 2 fully saturated rings. The minimum atomic E-state index is -0.701. The lowest BCUT2D eigenvalue weighted by molar-refractivity contribution is -0.226. The van der Waals surface area contributed by atoms with Gasteiger partial charge in [0.15, 0.2) is 6.29 Å². The minimum absolute atomic E-state index is 0.0782. The van der Waals surface area contributed by atoms with Crippen molar-refractivity contribution >= 4 is 16.9 Å². The summed E-state index contributed by atoms with van der Waals surface area (Å²) < 4.78 is 40.0. The first kappa shape index (κ1) is 24.5. The van der Waals surface area contributed by atoms with Crippen LogP contribution < -0.4 is 10.2 Å². The third-order valence-corrected chi connectivity index (χ3v) is 6.59. The Hall–Kier alpha value is -3.23. The van der Waals surface area contributed by atoms with E-state index in [-0.39, 0.29) is 34.6 Å². The zero-order valence-corrected chi connectivity index (χ0v) is 20.9. The molecule has 190 valence electrons. The van der Waals surface area contributed by atoms with E-state index in [1.54, 1.807) is 31.3 Å². The Balaban J connectivity index is 1.64. The number of rotatable bonds is 6. The number of hydrogen-bond donors (Lipinski definition) is 0. The van der Waals surface area contributed by atoms with Crippen LogP contribution in [0.3, 0.4) is 0 Å². The van der Waals surface area contributed by atoms with Crippen molar-refractivity contribution in [2.75, 3.05) is 26.9 Å². The standard InChI is InChI=1S/C28H30FNO6/c1-5-34-26(32)21-13-30(17-7-8-17)23-12-18(22(29)11-20(23)25(21)31)19-10-16(6-9-24(19)33-4)27-35-14-28(2,3)15-36-27/h6,9-13,17,27H,5,7-8,14-15H2,1-4H3. The summed E-state index contributed by atoms with van der Waals surface area (Å²) in [5.41, 5.74) is 1.41. The Morgan fingerprint density at radius 3 is 2.50 bits per heavy atom. The van der Waals surface area contributed by atoms with Crippen LogP contribution in [0.15, 0.2) is 41.3 Å². The Labute approximate surface area is 208 Å². The molecule has 7 nitrogen and oxygen atoms in total. The predicted octanol–water partition coefficient (Wildman–Crippen LogP) is 5.40. The maximum atomic E-state index is 15.6. The molecule has 1 saturated heterocycles. The van der Waals surface area contributed by atoms with E-state index in [1.807, 2.05) is 10.6 Å².